The summed E-state index contributed by atoms with van der Waals surface area (Å²) in [6, 6.07) is 10.1. The van der Waals surface area contributed by atoms with E-state index < -0.39 is 0 Å². The molecule has 2 aliphatic rings. The first kappa shape index (κ1) is 16.1. The minimum atomic E-state index is -0.321. The number of benzene rings is 1. The Labute approximate surface area is 145 Å². The van der Waals surface area contributed by atoms with Gasteiger partial charge in [-0.25, -0.2) is 0 Å². The zero-order valence-electron chi connectivity index (χ0n) is 12.6. The van der Waals surface area contributed by atoms with E-state index in [0.29, 0.717) is 13.0 Å². The number of rotatable bonds is 5. The number of hydrogen-bond acceptors (Lipinski definition) is 4. The summed E-state index contributed by atoms with van der Waals surface area (Å²) in [5.41, 5.74) is 1.22. The van der Waals surface area contributed by atoms with E-state index in [9.17, 15) is 9.59 Å². The number of fused-ring (bicyclic) bond motifs is 1. The van der Waals surface area contributed by atoms with Crippen molar-refractivity contribution >= 4 is 40.0 Å². The number of carbonyl (C=O) groups excluding carboxylic acids is 2. The van der Waals surface area contributed by atoms with Crippen LogP contribution in [-0.4, -0.2) is 27.5 Å². The molecule has 0 aromatic heterocycles. The van der Waals surface area contributed by atoms with Crippen molar-refractivity contribution in [1.82, 2.24) is 4.90 Å². The highest BCUT2D eigenvalue weighted by atomic mass is 32.2. The quantitative estimate of drug-likeness (QED) is 0.607. The lowest BCUT2D eigenvalue weighted by Crippen LogP contribution is -2.32. The van der Waals surface area contributed by atoms with Crippen molar-refractivity contribution in [2.75, 3.05) is 6.54 Å². The fraction of sp³-hybridized carbons (Fsp3) is 0.278. The van der Waals surface area contributed by atoms with Crippen LogP contribution in [0.25, 0.3) is 0 Å². The highest BCUT2D eigenvalue weighted by Crippen LogP contribution is 2.31. The van der Waals surface area contributed by atoms with Crippen LogP contribution in [0.1, 0.15) is 12.0 Å². The Balaban J connectivity index is 1.51. The molecule has 2 amide bonds. The average molecular weight is 343 g/mol. The molecule has 23 heavy (non-hydrogen) atoms. The third kappa shape index (κ3) is 3.62. The molecule has 0 saturated carbocycles. The average Bonchev–Trinajstić information content (AvgIpc) is 2.83. The normalized spacial score (nSPS) is 22.5. The molecule has 1 aromatic rings. The Morgan fingerprint density at radius 1 is 1.04 bits per heavy atom. The molecule has 1 aliphatic carbocycles. The minimum Gasteiger partial charge on any atom is -0.281 e. The molecular formula is C18H17NO2S2. The van der Waals surface area contributed by atoms with Gasteiger partial charge in [-0.15, -0.1) is 11.8 Å². The maximum Gasteiger partial charge on any atom is 0.237 e. The molecule has 2 atom stereocenters. The van der Waals surface area contributed by atoms with Crippen LogP contribution in [0.4, 0.5) is 0 Å². The number of likely N-dealkylation sites (tertiary alicyclic amines) is 1. The van der Waals surface area contributed by atoms with E-state index in [2.05, 4.69) is 12.1 Å². The highest BCUT2D eigenvalue weighted by molar-refractivity contribution is 8.22. The Morgan fingerprint density at radius 2 is 1.65 bits per heavy atom. The molecule has 5 heteroatoms. The fourth-order valence-corrected chi connectivity index (χ4v) is 3.80. The summed E-state index contributed by atoms with van der Waals surface area (Å²) in [7, 11) is 0. The van der Waals surface area contributed by atoms with Gasteiger partial charge >= 0.3 is 0 Å². The van der Waals surface area contributed by atoms with Crippen molar-refractivity contribution in [3.63, 3.8) is 0 Å². The minimum absolute atomic E-state index is 0.101. The molecule has 0 N–H and O–H groups in total. The number of carbonyl (C=O) groups is 2. The molecule has 3 rings (SSSR count). The van der Waals surface area contributed by atoms with Gasteiger partial charge in [0, 0.05) is 22.9 Å². The number of amides is 2. The van der Waals surface area contributed by atoms with Crippen LogP contribution < -0.4 is 0 Å². The second-order valence-electron chi connectivity index (χ2n) is 5.55. The SMILES string of the molecule is O=C1C2C=CC=CC2C(=O)N1CCC(=S)SCc1ccccc1. The molecule has 0 bridgehead atoms. The first-order valence-electron chi connectivity index (χ1n) is 7.56. The monoisotopic (exact) mass is 343 g/mol. The third-order valence-corrected chi connectivity index (χ3v) is 5.58. The van der Waals surface area contributed by atoms with Crippen molar-refractivity contribution in [3.8, 4) is 0 Å². The molecule has 0 radical (unpaired) electrons. The van der Waals surface area contributed by atoms with Gasteiger partial charge in [0.25, 0.3) is 0 Å². The van der Waals surface area contributed by atoms with Gasteiger partial charge in [-0.1, -0.05) is 66.9 Å². The number of nitrogens with zero attached hydrogens (tertiary/aromatic N) is 1. The van der Waals surface area contributed by atoms with E-state index >= 15 is 0 Å². The Hall–Kier alpha value is -1.72. The summed E-state index contributed by atoms with van der Waals surface area (Å²) in [6.07, 6.45) is 7.85. The van der Waals surface area contributed by atoms with Crippen molar-refractivity contribution in [1.29, 1.82) is 0 Å². The number of imide groups is 1. The lowest BCUT2D eigenvalue weighted by Gasteiger charge is -2.14. The largest absolute Gasteiger partial charge is 0.281 e. The van der Waals surface area contributed by atoms with Crippen LogP contribution in [0.3, 0.4) is 0 Å². The predicted octanol–water partition coefficient (Wildman–Crippen LogP) is 3.36. The molecule has 1 aliphatic heterocycles. The molecule has 2 unspecified atom stereocenters. The van der Waals surface area contributed by atoms with Crippen molar-refractivity contribution < 1.29 is 9.59 Å². The second-order valence-corrected chi connectivity index (χ2v) is 7.37. The number of thiocarbonyl (C=S) groups is 1. The van der Waals surface area contributed by atoms with Gasteiger partial charge < -0.3 is 0 Å². The lowest BCUT2D eigenvalue weighted by atomic mass is 9.91. The van der Waals surface area contributed by atoms with Gasteiger partial charge in [-0.2, -0.15) is 0 Å². The van der Waals surface area contributed by atoms with Gasteiger partial charge in [0.15, 0.2) is 0 Å². The maximum absolute atomic E-state index is 12.3. The van der Waals surface area contributed by atoms with Crippen LogP contribution in [0.15, 0.2) is 54.6 Å². The predicted molar refractivity (Wildman–Crippen MR) is 96.9 cm³/mol. The fourth-order valence-electron chi connectivity index (χ4n) is 2.78. The maximum atomic E-state index is 12.3. The van der Waals surface area contributed by atoms with E-state index in [1.807, 2.05) is 42.5 Å². The second kappa shape index (κ2) is 7.23. The van der Waals surface area contributed by atoms with Gasteiger partial charge in [0.05, 0.1) is 11.8 Å². The van der Waals surface area contributed by atoms with Crippen LogP contribution in [-0.2, 0) is 15.3 Å². The summed E-state index contributed by atoms with van der Waals surface area (Å²) >= 11 is 6.97. The van der Waals surface area contributed by atoms with E-state index in [4.69, 9.17) is 12.2 Å². The molecule has 3 nitrogen and oxygen atoms in total. The third-order valence-electron chi connectivity index (χ3n) is 4.02. The first-order valence-corrected chi connectivity index (χ1v) is 8.96. The van der Waals surface area contributed by atoms with Gasteiger partial charge in [-0.05, 0) is 5.56 Å². The molecule has 1 heterocycles. The van der Waals surface area contributed by atoms with Crippen LogP contribution in [0.2, 0.25) is 0 Å². The van der Waals surface area contributed by atoms with E-state index in [1.54, 1.807) is 11.8 Å². The first-order chi connectivity index (χ1) is 11.2. The molecule has 1 aromatic carbocycles. The Kier molecular flexibility index (Phi) is 5.08. The van der Waals surface area contributed by atoms with Gasteiger partial charge in [0.1, 0.15) is 0 Å². The zero-order valence-corrected chi connectivity index (χ0v) is 14.2. The van der Waals surface area contributed by atoms with Crippen LogP contribution >= 0.6 is 24.0 Å². The summed E-state index contributed by atoms with van der Waals surface area (Å²) in [4.78, 5) is 26.0. The molecule has 118 valence electrons. The van der Waals surface area contributed by atoms with Crippen molar-refractivity contribution in [2.24, 2.45) is 11.8 Å². The van der Waals surface area contributed by atoms with Gasteiger partial charge in [-0.3, -0.25) is 14.5 Å². The summed E-state index contributed by atoms with van der Waals surface area (Å²) in [5, 5.41) is 0. The summed E-state index contributed by atoms with van der Waals surface area (Å²) in [6.45, 7) is 0.382. The van der Waals surface area contributed by atoms with Crippen LogP contribution in [0, 0.1) is 11.8 Å². The summed E-state index contributed by atoms with van der Waals surface area (Å²) < 4.78 is 0.829. The van der Waals surface area contributed by atoms with E-state index in [1.165, 1.54) is 10.5 Å². The standard InChI is InChI=1S/C18H17NO2S2/c20-17-14-8-4-5-9-15(14)18(21)19(17)11-10-16(22)23-12-13-6-2-1-3-7-13/h1-9,14-15H,10-12H2. The van der Waals surface area contributed by atoms with E-state index in [0.717, 1.165) is 9.95 Å². The molecule has 0 spiro atoms. The topological polar surface area (TPSA) is 37.4 Å². The number of hydrogen-bond donors (Lipinski definition) is 0. The van der Waals surface area contributed by atoms with Crippen molar-refractivity contribution in [2.45, 2.75) is 12.2 Å². The van der Waals surface area contributed by atoms with E-state index in [-0.39, 0.29) is 23.7 Å². The van der Waals surface area contributed by atoms with Crippen LogP contribution in [0.5, 0.6) is 0 Å². The molecule has 1 saturated heterocycles. The highest BCUT2D eigenvalue weighted by Gasteiger charge is 2.45. The van der Waals surface area contributed by atoms with Crippen molar-refractivity contribution in [3.05, 3.63) is 60.2 Å². The Morgan fingerprint density at radius 3 is 2.26 bits per heavy atom. The number of allylic oxidation sites excluding steroid dienone is 2. The molecular weight excluding hydrogens is 326 g/mol. The molecule has 1 fully saturated rings. The Bertz CT molecular complexity index is 652. The smallest absolute Gasteiger partial charge is 0.237 e. The van der Waals surface area contributed by atoms with Gasteiger partial charge in [0.2, 0.25) is 11.8 Å². The lowest BCUT2D eigenvalue weighted by molar-refractivity contribution is -0.139. The summed E-state index contributed by atoms with van der Waals surface area (Å²) in [5.74, 6) is -0.0258. The number of thioether (sulfide) groups is 1. The zero-order chi connectivity index (χ0) is 16.2.